The summed E-state index contributed by atoms with van der Waals surface area (Å²) in [6, 6.07) is 10.6. The molecule has 0 fully saturated rings. The highest BCUT2D eigenvalue weighted by atomic mass is 16.5. The monoisotopic (exact) mass is 256 g/mol. The van der Waals surface area contributed by atoms with Crippen LogP contribution in [-0.2, 0) is 0 Å². The van der Waals surface area contributed by atoms with Gasteiger partial charge in [-0.25, -0.2) is 4.98 Å². The van der Waals surface area contributed by atoms with E-state index >= 15 is 0 Å². The highest BCUT2D eigenvalue weighted by molar-refractivity contribution is 5.46. The van der Waals surface area contributed by atoms with Crippen molar-refractivity contribution in [2.45, 2.75) is 26.8 Å². The van der Waals surface area contributed by atoms with E-state index < -0.39 is 0 Å². The summed E-state index contributed by atoms with van der Waals surface area (Å²) in [5, 5.41) is 3.46. The van der Waals surface area contributed by atoms with Crippen molar-refractivity contribution in [2.24, 2.45) is 0 Å². The summed E-state index contributed by atoms with van der Waals surface area (Å²) < 4.78 is 5.05. The Balaban J connectivity index is 2.15. The lowest BCUT2D eigenvalue weighted by Gasteiger charge is -2.18. The molecule has 1 N–H and O–H groups in total. The second kappa shape index (κ2) is 5.74. The molecule has 1 unspecified atom stereocenters. The Hall–Kier alpha value is -2.03. The van der Waals surface area contributed by atoms with E-state index in [2.05, 4.69) is 49.3 Å². The zero-order chi connectivity index (χ0) is 13.8. The van der Waals surface area contributed by atoms with Gasteiger partial charge in [0, 0.05) is 12.1 Å². The highest BCUT2D eigenvalue weighted by Gasteiger charge is 2.08. The first kappa shape index (κ1) is 13.4. The van der Waals surface area contributed by atoms with Gasteiger partial charge in [0.2, 0.25) is 5.88 Å². The third kappa shape index (κ3) is 3.25. The lowest BCUT2D eigenvalue weighted by Crippen LogP contribution is -2.08. The molecule has 0 amide bonds. The number of hydrogen-bond donors (Lipinski definition) is 1. The highest BCUT2D eigenvalue weighted by Crippen LogP contribution is 2.23. The molecule has 0 saturated heterocycles. The van der Waals surface area contributed by atoms with Crippen molar-refractivity contribution < 1.29 is 4.74 Å². The molecule has 1 heterocycles. The predicted molar refractivity (Wildman–Crippen MR) is 78.7 cm³/mol. The molecule has 0 radical (unpaired) electrons. The summed E-state index contributed by atoms with van der Waals surface area (Å²) in [4.78, 5) is 4.20. The fraction of sp³-hybridized carbons (Fsp3) is 0.312. The van der Waals surface area contributed by atoms with Gasteiger partial charge in [0.1, 0.15) is 0 Å². The van der Waals surface area contributed by atoms with Gasteiger partial charge < -0.3 is 10.1 Å². The van der Waals surface area contributed by atoms with Crippen LogP contribution in [0.5, 0.6) is 5.88 Å². The van der Waals surface area contributed by atoms with Gasteiger partial charge >= 0.3 is 0 Å². The molecule has 1 aromatic heterocycles. The van der Waals surface area contributed by atoms with Crippen LogP contribution in [0.2, 0.25) is 0 Å². The van der Waals surface area contributed by atoms with Gasteiger partial charge in [0.05, 0.1) is 19.0 Å². The van der Waals surface area contributed by atoms with Crippen molar-refractivity contribution in [3.8, 4) is 5.88 Å². The predicted octanol–water partition coefficient (Wildman–Crippen LogP) is 3.88. The van der Waals surface area contributed by atoms with E-state index in [9.17, 15) is 0 Å². The molecule has 3 nitrogen and oxygen atoms in total. The summed E-state index contributed by atoms with van der Waals surface area (Å²) in [6.45, 7) is 6.41. The van der Waals surface area contributed by atoms with Gasteiger partial charge in [-0.05, 0) is 38.0 Å². The molecule has 3 heteroatoms. The molecule has 2 rings (SSSR count). The quantitative estimate of drug-likeness (QED) is 0.901. The Morgan fingerprint density at radius 1 is 1.16 bits per heavy atom. The first-order valence-electron chi connectivity index (χ1n) is 6.44. The number of hydrogen-bond acceptors (Lipinski definition) is 3. The molecule has 0 aliphatic carbocycles. The maximum absolute atomic E-state index is 5.05. The Morgan fingerprint density at radius 3 is 2.58 bits per heavy atom. The Labute approximate surface area is 114 Å². The average molecular weight is 256 g/mol. The first-order chi connectivity index (χ1) is 9.10. The molecule has 19 heavy (non-hydrogen) atoms. The van der Waals surface area contributed by atoms with Crippen LogP contribution >= 0.6 is 0 Å². The summed E-state index contributed by atoms with van der Waals surface area (Å²) in [6.07, 6.45) is 1.79. The van der Waals surface area contributed by atoms with E-state index in [0.29, 0.717) is 5.88 Å². The minimum absolute atomic E-state index is 0.245. The standard InChI is InChI=1S/C16H20N2O/c1-11-5-6-12(2)15(9-11)13(3)18-14-7-8-16(19-4)17-10-14/h5-10,13,18H,1-4H3. The van der Waals surface area contributed by atoms with Crippen molar-refractivity contribution in [1.82, 2.24) is 4.98 Å². The molecule has 100 valence electrons. The minimum Gasteiger partial charge on any atom is -0.481 e. The van der Waals surface area contributed by atoms with Crippen molar-refractivity contribution in [3.63, 3.8) is 0 Å². The van der Waals surface area contributed by atoms with Crippen LogP contribution in [0.4, 0.5) is 5.69 Å². The third-order valence-electron chi connectivity index (χ3n) is 3.23. The number of pyridine rings is 1. The van der Waals surface area contributed by atoms with Gasteiger partial charge in [0.25, 0.3) is 0 Å². The molecule has 1 atom stereocenters. The third-order valence-corrected chi connectivity index (χ3v) is 3.23. The molecule has 1 aromatic carbocycles. The molecular formula is C16H20N2O. The zero-order valence-corrected chi connectivity index (χ0v) is 11.9. The fourth-order valence-corrected chi connectivity index (χ4v) is 2.14. The smallest absolute Gasteiger partial charge is 0.213 e. The van der Waals surface area contributed by atoms with E-state index in [1.165, 1.54) is 16.7 Å². The first-order valence-corrected chi connectivity index (χ1v) is 6.44. The molecule has 0 aliphatic heterocycles. The lowest BCUT2D eigenvalue weighted by atomic mass is 10.00. The van der Waals surface area contributed by atoms with E-state index in [-0.39, 0.29) is 6.04 Å². The summed E-state index contributed by atoms with van der Waals surface area (Å²) in [5.74, 6) is 0.630. The maximum Gasteiger partial charge on any atom is 0.213 e. The maximum atomic E-state index is 5.05. The van der Waals surface area contributed by atoms with Crippen molar-refractivity contribution >= 4 is 5.69 Å². The number of anilines is 1. The molecule has 0 bridgehead atoms. The Bertz CT molecular complexity index is 549. The molecule has 0 aliphatic rings. The van der Waals surface area contributed by atoms with Crippen LogP contribution < -0.4 is 10.1 Å². The number of rotatable bonds is 4. The van der Waals surface area contributed by atoms with Gasteiger partial charge in [-0.15, -0.1) is 0 Å². The second-order valence-electron chi connectivity index (χ2n) is 4.82. The van der Waals surface area contributed by atoms with Crippen molar-refractivity contribution in [1.29, 1.82) is 0 Å². The van der Waals surface area contributed by atoms with Gasteiger partial charge in [-0.1, -0.05) is 23.8 Å². The Morgan fingerprint density at radius 2 is 1.95 bits per heavy atom. The van der Waals surface area contributed by atoms with E-state index in [1.54, 1.807) is 13.3 Å². The molecule has 0 saturated carbocycles. The van der Waals surface area contributed by atoms with Crippen LogP contribution in [0.15, 0.2) is 36.5 Å². The van der Waals surface area contributed by atoms with Crippen LogP contribution in [0, 0.1) is 13.8 Å². The summed E-state index contributed by atoms with van der Waals surface area (Å²) in [5.41, 5.74) is 4.89. The van der Waals surface area contributed by atoms with Crippen molar-refractivity contribution in [3.05, 3.63) is 53.2 Å². The largest absolute Gasteiger partial charge is 0.481 e. The van der Waals surface area contributed by atoms with E-state index in [0.717, 1.165) is 5.69 Å². The zero-order valence-electron chi connectivity index (χ0n) is 11.9. The summed E-state index contributed by atoms with van der Waals surface area (Å²) >= 11 is 0. The van der Waals surface area contributed by atoms with E-state index in [4.69, 9.17) is 4.74 Å². The van der Waals surface area contributed by atoms with E-state index in [1.807, 2.05) is 12.1 Å². The molecular weight excluding hydrogens is 236 g/mol. The lowest BCUT2D eigenvalue weighted by molar-refractivity contribution is 0.398. The number of methoxy groups -OCH3 is 1. The van der Waals surface area contributed by atoms with Gasteiger partial charge in [-0.3, -0.25) is 0 Å². The number of nitrogens with zero attached hydrogens (tertiary/aromatic N) is 1. The van der Waals surface area contributed by atoms with Crippen LogP contribution in [0.1, 0.15) is 29.7 Å². The van der Waals surface area contributed by atoms with Crippen LogP contribution in [0.25, 0.3) is 0 Å². The average Bonchev–Trinajstić information content (AvgIpc) is 2.42. The van der Waals surface area contributed by atoms with Crippen LogP contribution in [-0.4, -0.2) is 12.1 Å². The number of aryl methyl sites for hydroxylation is 2. The number of aromatic nitrogens is 1. The second-order valence-corrected chi connectivity index (χ2v) is 4.82. The number of nitrogens with one attached hydrogen (secondary N) is 1. The summed E-state index contributed by atoms with van der Waals surface area (Å²) in [7, 11) is 1.62. The fourth-order valence-electron chi connectivity index (χ4n) is 2.14. The number of benzene rings is 1. The normalized spacial score (nSPS) is 12.0. The minimum atomic E-state index is 0.245. The molecule has 0 spiro atoms. The van der Waals surface area contributed by atoms with Gasteiger partial charge in [-0.2, -0.15) is 0 Å². The topological polar surface area (TPSA) is 34.1 Å². The SMILES string of the molecule is COc1ccc(NC(C)c2cc(C)ccc2C)cn1. The Kier molecular flexibility index (Phi) is 4.05. The number of ether oxygens (including phenoxy) is 1. The van der Waals surface area contributed by atoms with Gasteiger partial charge in [0.15, 0.2) is 0 Å². The molecule has 2 aromatic rings. The van der Waals surface area contributed by atoms with Crippen molar-refractivity contribution in [2.75, 3.05) is 12.4 Å². The van der Waals surface area contributed by atoms with Crippen LogP contribution in [0.3, 0.4) is 0 Å².